The Labute approximate surface area is 155 Å². The molecule has 3 aromatic rings. The van der Waals surface area contributed by atoms with E-state index in [1.165, 1.54) is 0 Å². The van der Waals surface area contributed by atoms with Crippen LogP contribution >= 0.6 is 12.4 Å². The van der Waals surface area contributed by atoms with Crippen molar-refractivity contribution in [3.63, 3.8) is 0 Å². The second-order valence-electron chi connectivity index (χ2n) is 6.08. The molecule has 2 aromatic heterocycles. The summed E-state index contributed by atoms with van der Waals surface area (Å²) in [5, 5.41) is 30.8. The molecule has 0 spiro atoms. The largest absolute Gasteiger partial charge is 0.315 e. The van der Waals surface area contributed by atoms with Gasteiger partial charge in [0.25, 0.3) is 5.91 Å². The Bertz CT molecular complexity index is 996. The third-order valence-corrected chi connectivity index (χ3v) is 4.41. The molecule has 0 aliphatic carbocycles. The van der Waals surface area contributed by atoms with Crippen molar-refractivity contribution >= 4 is 35.0 Å². The van der Waals surface area contributed by atoms with Crippen LogP contribution in [0, 0.1) is 18.3 Å². The summed E-state index contributed by atoms with van der Waals surface area (Å²) in [6.45, 7) is 3.61. The number of carbonyl (C=O) groups excluding carboxylic acids is 1. The summed E-state index contributed by atoms with van der Waals surface area (Å²) in [5.41, 5.74) is 2.33. The molecule has 0 bridgehead atoms. The lowest BCUT2D eigenvalue weighted by Crippen LogP contribution is -2.14. The quantitative estimate of drug-likeness (QED) is 0.640. The molecule has 1 fully saturated rings. The first-order valence-corrected chi connectivity index (χ1v) is 7.98. The first-order chi connectivity index (χ1) is 12.2. The maximum Gasteiger partial charge on any atom is 0.279 e. The molecule has 1 amide bonds. The Hall–Kier alpha value is -2.96. The van der Waals surface area contributed by atoms with Crippen molar-refractivity contribution in [2.75, 3.05) is 18.4 Å². The van der Waals surface area contributed by atoms with Gasteiger partial charge in [0.2, 0.25) is 0 Å². The van der Waals surface area contributed by atoms with Crippen molar-refractivity contribution < 1.29 is 4.79 Å². The van der Waals surface area contributed by atoms with Gasteiger partial charge in [-0.3, -0.25) is 9.89 Å². The van der Waals surface area contributed by atoms with Gasteiger partial charge in [-0.2, -0.15) is 10.4 Å². The number of carbonyl (C=O) groups is 1. The van der Waals surface area contributed by atoms with E-state index in [4.69, 9.17) is 5.26 Å². The number of nitrogens with zero attached hydrogens (tertiary/aromatic N) is 5. The highest BCUT2D eigenvalue weighted by Crippen LogP contribution is 2.24. The lowest BCUT2D eigenvalue weighted by molar-refractivity contribution is 0.102. The van der Waals surface area contributed by atoms with E-state index in [0.29, 0.717) is 16.9 Å². The summed E-state index contributed by atoms with van der Waals surface area (Å²) in [4.78, 5) is 12.4. The summed E-state index contributed by atoms with van der Waals surface area (Å²) < 4.78 is 1.72. The molecule has 1 aromatic carbocycles. The van der Waals surface area contributed by atoms with E-state index in [9.17, 15) is 4.79 Å². The Morgan fingerprint density at radius 1 is 1.46 bits per heavy atom. The third-order valence-electron chi connectivity index (χ3n) is 4.41. The van der Waals surface area contributed by atoms with Crippen molar-refractivity contribution in [2.45, 2.75) is 19.4 Å². The fourth-order valence-electron chi connectivity index (χ4n) is 2.98. The molecular formula is C16H17ClN8O. The highest BCUT2D eigenvalue weighted by atomic mass is 35.5. The topological polar surface area (TPSA) is 124 Å². The number of benzene rings is 1. The third kappa shape index (κ3) is 3.12. The summed E-state index contributed by atoms with van der Waals surface area (Å²) in [6.07, 6.45) is 2.62. The average molecular weight is 373 g/mol. The number of H-pyrrole nitrogens is 1. The number of amides is 1. The van der Waals surface area contributed by atoms with Gasteiger partial charge in [0.05, 0.1) is 29.4 Å². The normalized spacial score (nSPS) is 16.2. The van der Waals surface area contributed by atoms with Crippen LogP contribution in [0.3, 0.4) is 0 Å². The van der Waals surface area contributed by atoms with E-state index in [1.54, 1.807) is 16.9 Å². The van der Waals surface area contributed by atoms with E-state index in [-0.39, 0.29) is 30.0 Å². The summed E-state index contributed by atoms with van der Waals surface area (Å²) in [6, 6.07) is 5.91. The van der Waals surface area contributed by atoms with E-state index < -0.39 is 0 Å². The lowest BCUT2D eigenvalue weighted by Gasteiger charge is -2.06. The monoisotopic (exact) mass is 372 g/mol. The molecule has 1 unspecified atom stereocenters. The van der Waals surface area contributed by atoms with Crippen molar-refractivity contribution in [2.24, 2.45) is 0 Å². The Morgan fingerprint density at radius 3 is 3.04 bits per heavy atom. The molecule has 1 aliphatic rings. The molecule has 0 saturated carbocycles. The Kier molecular flexibility index (Phi) is 4.88. The van der Waals surface area contributed by atoms with Crippen LogP contribution in [0.15, 0.2) is 18.3 Å². The minimum atomic E-state index is -0.368. The van der Waals surface area contributed by atoms with Crippen molar-refractivity contribution in [1.82, 2.24) is 30.5 Å². The number of aryl methyl sites for hydroxylation is 1. The zero-order chi connectivity index (χ0) is 17.4. The molecule has 134 valence electrons. The molecule has 0 radical (unpaired) electrons. The van der Waals surface area contributed by atoms with Gasteiger partial charge in [-0.05, 0) is 37.6 Å². The maximum absolute atomic E-state index is 12.4. The van der Waals surface area contributed by atoms with Crippen LogP contribution in [0.5, 0.6) is 0 Å². The number of rotatable bonds is 3. The van der Waals surface area contributed by atoms with Crippen LogP contribution in [0.1, 0.15) is 34.1 Å². The predicted molar refractivity (Wildman–Crippen MR) is 97.3 cm³/mol. The number of aromatic nitrogens is 5. The molecule has 26 heavy (non-hydrogen) atoms. The Morgan fingerprint density at radius 2 is 2.31 bits per heavy atom. The standard InChI is InChI=1S/C16H16N8O.ClH/c1-9-4-12-13(5-10(9)6-17)20-22-15(12)19-16(25)14-8-24(23-21-14)11-2-3-18-7-11;/h4-5,8,11,18H,2-3,7H2,1H3,(H2,19,20,22,25);1H. The maximum atomic E-state index is 12.4. The van der Waals surface area contributed by atoms with Gasteiger partial charge in [-0.25, -0.2) is 4.68 Å². The summed E-state index contributed by atoms with van der Waals surface area (Å²) in [7, 11) is 0. The number of hydrogen-bond acceptors (Lipinski definition) is 6. The molecular weight excluding hydrogens is 356 g/mol. The van der Waals surface area contributed by atoms with E-state index in [0.717, 1.165) is 30.5 Å². The zero-order valence-corrected chi connectivity index (χ0v) is 14.8. The van der Waals surface area contributed by atoms with Crippen LogP contribution < -0.4 is 10.6 Å². The molecule has 1 atom stereocenters. The summed E-state index contributed by atoms with van der Waals surface area (Å²) >= 11 is 0. The fourth-order valence-corrected chi connectivity index (χ4v) is 2.98. The smallest absolute Gasteiger partial charge is 0.279 e. The van der Waals surface area contributed by atoms with Crippen LogP contribution in [-0.4, -0.2) is 44.2 Å². The molecule has 4 rings (SSSR count). The summed E-state index contributed by atoms with van der Waals surface area (Å²) in [5.74, 6) is 0.0392. The van der Waals surface area contributed by atoms with Crippen LogP contribution in [0.2, 0.25) is 0 Å². The highest BCUT2D eigenvalue weighted by molar-refractivity contribution is 6.06. The van der Waals surface area contributed by atoms with Gasteiger partial charge < -0.3 is 10.6 Å². The first kappa shape index (κ1) is 17.8. The van der Waals surface area contributed by atoms with Crippen molar-refractivity contribution in [1.29, 1.82) is 5.26 Å². The van der Waals surface area contributed by atoms with E-state index >= 15 is 0 Å². The van der Waals surface area contributed by atoms with Crippen LogP contribution in [-0.2, 0) is 0 Å². The zero-order valence-electron chi connectivity index (χ0n) is 14.0. The van der Waals surface area contributed by atoms with Crippen LogP contribution in [0.4, 0.5) is 5.82 Å². The molecule has 3 heterocycles. The van der Waals surface area contributed by atoms with Crippen molar-refractivity contribution in [3.05, 3.63) is 35.2 Å². The van der Waals surface area contributed by atoms with Gasteiger partial charge in [0, 0.05) is 11.9 Å². The molecule has 10 heteroatoms. The molecule has 1 saturated heterocycles. The number of aromatic amines is 1. The predicted octanol–water partition coefficient (Wildman–Crippen LogP) is 1.54. The second-order valence-corrected chi connectivity index (χ2v) is 6.08. The number of halogens is 1. The van der Waals surface area contributed by atoms with E-state index in [1.807, 2.05) is 13.0 Å². The first-order valence-electron chi connectivity index (χ1n) is 7.98. The number of anilines is 1. The molecule has 1 aliphatic heterocycles. The van der Waals surface area contributed by atoms with Gasteiger partial charge in [-0.15, -0.1) is 17.5 Å². The average Bonchev–Trinajstić information content (AvgIpc) is 3.35. The highest BCUT2D eigenvalue weighted by Gasteiger charge is 2.20. The SMILES string of the molecule is Cc1cc2c(NC(=O)c3cn(C4CCNC4)nn3)n[nH]c2cc1C#N.Cl. The van der Waals surface area contributed by atoms with Crippen LogP contribution in [0.25, 0.3) is 10.9 Å². The number of nitriles is 1. The number of nitrogens with one attached hydrogen (secondary N) is 3. The minimum absolute atomic E-state index is 0. The molecule has 3 N–H and O–H groups in total. The van der Waals surface area contributed by atoms with Gasteiger partial charge in [0.1, 0.15) is 0 Å². The molecule has 9 nitrogen and oxygen atoms in total. The van der Waals surface area contributed by atoms with Gasteiger partial charge >= 0.3 is 0 Å². The van der Waals surface area contributed by atoms with E-state index in [2.05, 4.69) is 37.2 Å². The van der Waals surface area contributed by atoms with Crippen molar-refractivity contribution in [3.8, 4) is 6.07 Å². The minimum Gasteiger partial charge on any atom is -0.315 e. The number of hydrogen-bond donors (Lipinski definition) is 3. The lowest BCUT2D eigenvalue weighted by atomic mass is 10.1. The number of fused-ring (bicyclic) bond motifs is 1. The Balaban J connectivity index is 0.00000196. The second kappa shape index (κ2) is 7.11. The fraction of sp³-hybridized carbons (Fsp3) is 0.312. The van der Waals surface area contributed by atoms with Gasteiger partial charge in [-0.1, -0.05) is 5.21 Å². The van der Waals surface area contributed by atoms with Gasteiger partial charge in [0.15, 0.2) is 11.5 Å².